The number of ether oxygens (including phenoxy) is 5. The lowest BCUT2D eigenvalue weighted by Crippen LogP contribution is -2.40. The third kappa shape index (κ3) is 6.32. The minimum atomic E-state index is -0.798. The molecule has 1 aromatic heterocycles. The summed E-state index contributed by atoms with van der Waals surface area (Å²) in [6.45, 7) is 12.3. The molecule has 9 nitrogen and oxygen atoms in total. The summed E-state index contributed by atoms with van der Waals surface area (Å²) in [6.07, 6.45) is 3.41. The van der Waals surface area contributed by atoms with Gasteiger partial charge in [0.1, 0.15) is 6.61 Å². The summed E-state index contributed by atoms with van der Waals surface area (Å²) in [5.74, 6) is 1.61. The predicted molar refractivity (Wildman–Crippen MR) is 166 cm³/mol. The molecule has 0 N–H and O–H groups in total. The average Bonchev–Trinajstić information content (AvgIpc) is 3.27. The Morgan fingerprint density at radius 2 is 1.76 bits per heavy atom. The van der Waals surface area contributed by atoms with Gasteiger partial charge in [0, 0.05) is 4.47 Å². The Kier molecular flexibility index (Phi) is 10.3. The van der Waals surface area contributed by atoms with Gasteiger partial charge in [-0.15, -0.1) is 0 Å². The summed E-state index contributed by atoms with van der Waals surface area (Å²) >= 11 is 4.82. The molecule has 0 saturated carbocycles. The molecule has 0 amide bonds. The van der Waals surface area contributed by atoms with Gasteiger partial charge in [-0.05, 0) is 69.2 Å². The lowest BCUT2D eigenvalue weighted by atomic mass is 9.95. The van der Waals surface area contributed by atoms with Crippen molar-refractivity contribution in [3.05, 3.63) is 89.5 Å². The van der Waals surface area contributed by atoms with Crippen LogP contribution in [0, 0.1) is 0 Å². The van der Waals surface area contributed by atoms with Gasteiger partial charge in [-0.2, -0.15) is 0 Å². The third-order valence-corrected chi connectivity index (χ3v) is 8.00. The minimum absolute atomic E-state index is 0.179. The van der Waals surface area contributed by atoms with Crippen LogP contribution >= 0.6 is 27.3 Å². The molecule has 0 bridgehead atoms. The SMILES string of the molecule is C=CCOc1ccc(C2C(C(=O)OCC)=C(C)N=c3s/c(=C\c4cc(OC)c(OCC)cc4Br)c(=O)n32)cc1OCC. The van der Waals surface area contributed by atoms with E-state index in [1.165, 1.54) is 15.9 Å². The van der Waals surface area contributed by atoms with E-state index in [-0.39, 0.29) is 17.7 Å². The van der Waals surface area contributed by atoms with Crippen molar-refractivity contribution in [3.8, 4) is 23.0 Å². The van der Waals surface area contributed by atoms with E-state index in [0.717, 1.165) is 10.0 Å². The van der Waals surface area contributed by atoms with Gasteiger partial charge in [0.25, 0.3) is 5.56 Å². The maximum absolute atomic E-state index is 14.1. The summed E-state index contributed by atoms with van der Waals surface area (Å²) in [4.78, 5) is 32.4. The quantitative estimate of drug-likeness (QED) is 0.201. The second-order valence-electron chi connectivity index (χ2n) is 9.00. The van der Waals surface area contributed by atoms with Crippen molar-refractivity contribution in [1.82, 2.24) is 4.57 Å². The highest BCUT2D eigenvalue weighted by Crippen LogP contribution is 2.37. The maximum atomic E-state index is 14.1. The Morgan fingerprint density at radius 1 is 1.05 bits per heavy atom. The molecule has 1 unspecified atom stereocenters. The van der Waals surface area contributed by atoms with Gasteiger partial charge in [0.2, 0.25) is 0 Å². The van der Waals surface area contributed by atoms with E-state index in [4.69, 9.17) is 23.7 Å². The number of aromatic nitrogens is 1. The van der Waals surface area contributed by atoms with Gasteiger partial charge in [0.05, 0.1) is 48.8 Å². The number of carbonyl (C=O) groups excluding carboxylic acids is 1. The third-order valence-electron chi connectivity index (χ3n) is 6.33. The highest BCUT2D eigenvalue weighted by molar-refractivity contribution is 9.10. The first kappa shape index (κ1) is 31.1. The molecule has 4 rings (SSSR count). The molecule has 11 heteroatoms. The Morgan fingerprint density at radius 3 is 2.40 bits per heavy atom. The van der Waals surface area contributed by atoms with Crippen LogP contribution in [-0.2, 0) is 9.53 Å². The van der Waals surface area contributed by atoms with Gasteiger partial charge in [-0.1, -0.05) is 46.0 Å². The molecule has 2 aromatic carbocycles. The molecule has 0 saturated heterocycles. The molecule has 0 spiro atoms. The zero-order chi connectivity index (χ0) is 30.4. The number of rotatable bonds is 12. The monoisotopic (exact) mass is 656 g/mol. The number of allylic oxidation sites excluding steroid dienone is 1. The summed E-state index contributed by atoms with van der Waals surface area (Å²) in [6, 6.07) is 8.18. The highest BCUT2D eigenvalue weighted by Gasteiger charge is 2.34. The van der Waals surface area contributed by atoms with Crippen LogP contribution in [0.4, 0.5) is 0 Å². The van der Waals surface area contributed by atoms with Gasteiger partial charge >= 0.3 is 5.97 Å². The molecule has 1 aliphatic heterocycles. The molecule has 0 fully saturated rings. The van der Waals surface area contributed by atoms with E-state index in [1.807, 2.05) is 26.0 Å². The van der Waals surface area contributed by atoms with Crippen molar-refractivity contribution in [3.63, 3.8) is 0 Å². The number of esters is 1. The molecule has 1 atom stereocenters. The first-order valence-corrected chi connectivity index (χ1v) is 15.1. The number of carbonyl (C=O) groups is 1. The van der Waals surface area contributed by atoms with Gasteiger partial charge in [-0.3, -0.25) is 9.36 Å². The first-order chi connectivity index (χ1) is 20.3. The summed E-state index contributed by atoms with van der Waals surface area (Å²) in [7, 11) is 1.56. The Hall–Kier alpha value is -3.83. The number of hydrogen-bond acceptors (Lipinski definition) is 9. The molecular weight excluding hydrogens is 624 g/mol. The van der Waals surface area contributed by atoms with E-state index in [1.54, 1.807) is 51.3 Å². The number of methoxy groups -OCH3 is 1. The zero-order valence-electron chi connectivity index (χ0n) is 24.2. The Bertz CT molecular complexity index is 1710. The number of fused-ring (bicyclic) bond motifs is 1. The molecule has 42 heavy (non-hydrogen) atoms. The van der Waals surface area contributed by atoms with E-state index in [0.29, 0.717) is 63.4 Å². The largest absolute Gasteiger partial charge is 0.493 e. The van der Waals surface area contributed by atoms with Crippen molar-refractivity contribution in [1.29, 1.82) is 0 Å². The standard InChI is InChI=1S/C31H33BrN2O7S/c1-7-13-41-22-12-11-19(14-24(22)38-8-2)28-27(30(36)40-10-4)18(5)33-31-34(28)29(35)26(42-31)16-20-15-23(37-6)25(39-9-3)17-21(20)32/h7,11-12,14-17,28H,1,8-10,13H2,2-6H3/b26-16-. The number of hydrogen-bond donors (Lipinski definition) is 0. The zero-order valence-corrected chi connectivity index (χ0v) is 26.6. The molecule has 0 radical (unpaired) electrons. The number of halogens is 1. The lowest BCUT2D eigenvalue weighted by molar-refractivity contribution is -0.139. The number of thiazole rings is 1. The highest BCUT2D eigenvalue weighted by atomic mass is 79.9. The minimum Gasteiger partial charge on any atom is -0.493 e. The van der Waals surface area contributed by atoms with Crippen LogP contribution in [0.3, 0.4) is 0 Å². The van der Waals surface area contributed by atoms with Crippen LogP contribution in [0.2, 0.25) is 0 Å². The molecule has 2 heterocycles. The fourth-order valence-corrected chi connectivity index (χ4v) is 6.04. The Balaban J connectivity index is 1.94. The van der Waals surface area contributed by atoms with Crippen molar-refractivity contribution in [2.75, 3.05) is 33.5 Å². The normalized spacial score (nSPS) is 14.6. The van der Waals surface area contributed by atoms with Crippen molar-refractivity contribution in [2.45, 2.75) is 33.7 Å². The number of nitrogens with zero attached hydrogens (tertiary/aromatic N) is 2. The van der Waals surface area contributed by atoms with E-state index < -0.39 is 12.0 Å². The molecule has 0 aliphatic carbocycles. The van der Waals surface area contributed by atoms with Crippen molar-refractivity contribution in [2.24, 2.45) is 4.99 Å². The van der Waals surface area contributed by atoms with E-state index in [9.17, 15) is 9.59 Å². The second kappa shape index (κ2) is 13.9. The first-order valence-electron chi connectivity index (χ1n) is 13.5. The fraction of sp³-hybridized carbons (Fsp3) is 0.323. The summed E-state index contributed by atoms with van der Waals surface area (Å²) in [5.41, 5.74) is 1.82. The van der Waals surface area contributed by atoms with Crippen LogP contribution in [-0.4, -0.2) is 44.1 Å². The maximum Gasteiger partial charge on any atom is 0.338 e. The van der Waals surface area contributed by atoms with E-state index in [2.05, 4.69) is 27.5 Å². The topological polar surface area (TPSA) is 97.6 Å². The smallest absolute Gasteiger partial charge is 0.338 e. The van der Waals surface area contributed by atoms with Crippen molar-refractivity contribution < 1.29 is 28.5 Å². The summed E-state index contributed by atoms with van der Waals surface area (Å²) in [5, 5.41) is 0. The average molecular weight is 658 g/mol. The van der Waals surface area contributed by atoms with Crippen LogP contribution in [0.15, 0.2) is 68.5 Å². The number of benzene rings is 2. The van der Waals surface area contributed by atoms with Crippen molar-refractivity contribution >= 4 is 39.3 Å². The van der Waals surface area contributed by atoms with Gasteiger partial charge in [0.15, 0.2) is 27.8 Å². The van der Waals surface area contributed by atoms with E-state index >= 15 is 0 Å². The lowest BCUT2D eigenvalue weighted by Gasteiger charge is -2.25. The van der Waals surface area contributed by atoms with Crippen LogP contribution in [0.5, 0.6) is 23.0 Å². The second-order valence-corrected chi connectivity index (χ2v) is 10.9. The molecule has 222 valence electrons. The molecule has 3 aromatic rings. The van der Waals surface area contributed by atoms with Gasteiger partial charge < -0.3 is 23.7 Å². The summed E-state index contributed by atoms with van der Waals surface area (Å²) < 4.78 is 30.9. The van der Waals surface area contributed by atoms with Crippen LogP contribution in [0.1, 0.15) is 44.9 Å². The Labute approximate surface area is 256 Å². The van der Waals surface area contributed by atoms with Crippen LogP contribution < -0.4 is 33.8 Å². The van der Waals surface area contributed by atoms with Crippen LogP contribution in [0.25, 0.3) is 6.08 Å². The molecular formula is C31H33BrN2O7S. The predicted octanol–water partition coefficient (Wildman–Crippen LogP) is 4.93. The molecule has 1 aliphatic rings. The fourth-order valence-electron chi connectivity index (χ4n) is 4.57. The van der Waals surface area contributed by atoms with Gasteiger partial charge in [-0.25, -0.2) is 9.79 Å².